The van der Waals surface area contributed by atoms with Crippen molar-refractivity contribution in [2.45, 2.75) is 46.0 Å². The highest BCUT2D eigenvalue weighted by atomic mass is 14.4. The molecule has 2 rings (SSSR count). The lowest BCUT2D eigenvalue weighted by Gasteiger charge is -2.27. The zero-order valence-corrected chi connectivity index (χ0v) is 7.69. The Morgan fingerprint density at radius 1 is 1.09 bits per heavy atom. The predicted molar refractivity (Wildman–Crippen MR) is 48.4 cm³/mol. The molecule has 0 nitrogen and oxygen atoms in total. The number of hydrogen-bond donors (Lipinski definition) is 0. The minimum atomic E-state index is 0.990. The maximum absolute atomic E-state index is 2.36. The molecule has 0 aromatic rings. The van der Waals surface area contributed by atoms with Crippen LogP contribution in [-0.2, 0) is 0 Å². The normalized spacial score (nSPS) is 37.6. The molecule has 1 fully saturated rings. The van der Waals surface area contributed by atoms with Gasteiger partial charge in [0.1, 0.15) is 0 Å². The SMILES string of the molecule is CC1=C(C)[C@@H]2CCC[C@H]2CC1. The standard InChI is InChI=1S/C11H18/c1-8-6-7-10-4-3-5-11(10)9(8)2/h10-11H,3-7H2,1-2H3/t10-,11-/m0/s1. The van der Waals surface area contributed by atoms with Crippen LogP contribution in [0.2, 0.25) is 0 Å². The number of allylic oxidation sites excluding steroid dienone is 2. The molecule has 0 amide bonds. The van der Waals surface area contributed by atoms with Gasteiger partial charge in [0.2, 0.25) is 0 Å². The Balaban J connectivity index is 2.23. The summed E-state index contributed by atoms with van der Waals surface area (Å²) < 4.78 is 0. The average Bonchev–Trinajstić information content (AvgIpc) is 2.45. The van der Waals surface area contributed by atoms with Crippen LogP contribution in [-0.4, -0.2) is 0 Å². The zero-order valence-electron chi connectivity index (χ0n) is 7.69. The molecule has 2 aliphatic rings. The van der Waals surface area contributed by atoms with Gasteiger partial charge >= 0.3 is 0 Å². The van der Waals surface area contributed by atoms with Crippen molar-refractivity contribution >= 4 is 0 Å². The molecule has 62 valence electrons. The van der Waals surface area contributed by atoms with Gasteiger partial charge in [-0.2, -0.15) is 0 Å². The van der Waals surface area contributed by atoms with E-state index in [4.69, 9.17) is 0 Å². The molecule has 0 saturated heterocycles. The highest BCUT2D eigenvalue weighted by molar-refractivity contribution is 5.18. The topological polar surface area (TPSA) is 0 Å². The Kier molecular flexibility index (Phi) is 1.78. The first kappa shape index (κ1) is 7.39. The van der Waals surface area contributed by atoms with Crippen molar-refractivity contribution in [1.82, 2.24) is 0 Å². The summed E-state index contributed by atoms with van der Waals surface area (Å²) in [6.07, 6.45) is 7.34. The second-order valence-electron chi connectivity index (χ2n) is 4.30. The summed E-state index contributed by atoms with van der Waals surface area (Å²) in [5, 5.41) is 0. The lowest BCUT2D eigenvalue weighted by molar-refractivity contribution is 0.382. The quantitative estimate of drug-likeness (QED) is 0.463. The van der Waals surface area contributed by atoms with E-state index in [0.29, 0.717) is 0 Å². The van der Waals surface area contributed by atoms with Gasteiger partial charge in [-0.25, -0.2) is 0 Å². The van der Waals surface area contributed by atoms with Crippen molar-refractivity contribution < 1.29 is 0 Å². The predicted octanol–water partition coefficient (Wildman–Crippen LogP) is 3.53. The molecule has 0 radical (unpaired) electrons. The van der Waals surface area contributed by atoms with Crippen molar-refractivity contribution in [1.29, 1.82) is 0 Å². The van der Waals surface area contributed by atoms with Crippen molar-refractivity contribution in [3.63, 3.8) is 0 Å². The van der Waals surface area contributed by atoms with Gasteiger partial charge in [0, 0.05) is 0 Å². The fraction of sp³-hybridized carbons (Fsp3) is 0.818. The highest BCUT2D eigenvalue weighted by Crippen LogP contribution is 2.44. The Morgan fingerprint density at radius 2 is 1.91 bits per heavy atom. The molecule has 0 aromatic heterocycles. The van der Waals surface area contributed by atoms with Crippen LogP contribution in [0.3, 0.4) is 0 Å². The molecule has 0 bridgehead atoms. The molecular formula is C11H18. The molecule has 0 unspecified atom stereocenters. The van der Waals surface area contributed by atoms with Gasteiger partial charge in [-0.3, -0.25) is 0 Å². The smallest absolute Gasteiger partial charge is 0.0175 e. The van der Waals surface area contributed by atoms with E-state index >= 15 is 0 Å². The first-order valence-electron chi connectivity index (χ1n) is 4.95. The molecule has 2 aliphatic carbocycles. The lowest BCUT2D eigenvalue weighted by Crippen LogP contribution is -2.15. The summed E-state index contributed by atoms with van der Waals surface area (Å²) in [6.45, 7) is 4.68. The Bertz CT molecular complexity index is 188. The molecule has 0 N–H and O–H groups in total. The summed E-state index contributed by atoms with van der Waals surface area (Å²) in [5.41, 5.74) is 3.42. The minimum Gasteiger partial charge on any atom is -0.0741 e. The number of rotatable bonds is 0. The molecule has 0 aromatic carbocycles. The van der Waals surface area contributed by atoms with Crippen molar-refractivity contribution in [2.75, 3.05) is 0 Å². The van der Waals surface area contributed by atoms with Gasteiger partial charge < -0.3 is 0 Å². The van der Waals surface area contributed by atoms with Gasteiger partial charge in [0.25, 0.3) is 0 Å². The van der Waals surface area contributed by atoms with Crippen LogP contribution in [0.15, 0.2) is 11.1 Å². The van der Waals surface area contributed by atoms with E-state index in [0.717, 1.165) is 11.8 Å². The van der Waals surface area contributed by atoms with Crippen molar-refractivity contribution in [2.24, 2.45) is 11.8 Å². The van der Waals surface area contributed by atoms with E-state index in [9.17, 15) is 0 Å². The lowest BCUT2D eigenvalue weighted by atomic mass is 9.78. The van der Waals surface area contributed by atoms with E-state index in [1.165, 1.54) is 32.1 Å². The number of fused-ring (bicyclic) bond motifs is 1. The van der Waals surface area contributed by atoms with E-state index in [2.05, 4.69) is 13.8 Å². The molecule has 2 atom stereocenters. The largest absolute Gasteiger partial charge is 0.0741 e. The van der Waals surface area contributed by atoms with E-state index in [-0.39, 0.29) is 0 Å². The zero-order chi connectivity index (χ0) is 7.84. The Labute approximate surface area is 69.7 Å². The van der Waals surface area contributed by atoms with Crippen LogP contribution < -0.4 is 0 Å². The molecule has 0 heterocycles. The van der Waals surface area contributed by atoms with E-state index < -0.39 is 0 Å². The third-order valence-corrected chi connectivity index (χ3v) is 3.78. The van der Waals surface area contributed by atoms with Crippen LogP contribution >= 0.6 is 0 Å². The van der Waals surface area contributed by atoms with E-state index in [1.807, 2.05) is 0 Å². The van der Waals surface area contributed by atoms with Gasteiger partial charge in [-0.15, -0.1) is 0 Å². The van der Waals surface area contributed by atoms with Crippen molar-refractivity contribution in [3.05, 3.63) is 11.1 Å². The molecule has 0 heteroatoms. The maximum atomic E-state index is 2.36. The Morgan fingerprint density at radius 3 is 2.73 bits per heavy atom. The third-order valence-electron chi connectivity index (χ3n) is 3.78. The van der Waals surface area contributed by atoms with Crippen LogP contribution in [0.5, 0.6) is 0 Å². The Hall–Kier alpha value is -0.260. The van der Waals surface area contributed by atoms with Crippen LogP contribution in [0.4, 0.5) is 0 Å². The molecule has 0 aliphatic heterocycles. The first-order chi connectivity index (χ1) is 5.29. The van der Waals surface area contributed by atoms with Crippen LogP contribution in [0.1, 0.15) is 46.0 Å². The van der Waals surface area contributed by atoms with Crippen LogP contribution in [0, 0.1) is 11.8 Å². The van der Waals surface area contributed by atoms with Gasteiger partial charge in [0.15, 0.2) is 0 Å². The second kappa shape index (κ2) is 2.66. The summed E-state index contributed by atoms with van der Waals surface area (Å²) in [7, 11) is 0. The van der Waals surface area contributed by atoms with Gasteiger partial charge in [-0.1, -0.05) is 17.6 Å². The van der Waals surface area contributed by atoms with Crippen molar-refractivity contribution in [3.8, 4) is 0 Å². The summed E-state index contributed by atoms with van der Waals surface area (Å²) >= 11 is 0. The fourth-order valence-corrected chi connectivity index (χ4v) is 2.87. The summed E-state index contributed by atoms with van der Waals surface area (Å²) in [4.78, 5) is 0. The summed E-state index contributed by atoms with van der Waals surface area (Å²) in [5.74, 6) is 2.06. The monoisotopic (exact) mass is 150 g/mol. The highest BCUT2D eigenvalue weighted by Gasteiger charge is 2.31. The van der Waals surface area contributed by atoms with Gasteiger partial charge in [0.05, 0.1) is 0 Å². The maximum Gasteiger partial charge on any atom is -0.0175 e. The van der Waals surface area contributed by atoms with E-state index in [1.54, 1.807) is 11.1 Å². The minimum absolute atomic E-state index is 0.990. The third kappa shape index (κ3) is 1.13. The summed E-state index contributed by atoms with van der Waals surface area (Å²) in [6, 6.07) is 0. The fourth-order valence-electron chi connectivity index (χ4n) is 2.87. The molecule has 0 spiro atoms. The molecule has 1 saturated carbocycles. The van der Waals surface area contributed by atoms with Crippen LogP contribution in [0.25, 0.3) is 0 Å². The molecular weight excluding hydrogens is 132 g/mol. The number of hydrogen-bond acceptors (Lipinski definition) is 0. The first-order valence-corrected chi connectivity index (χ1v) is 4.95. The van der Waals surface area contributed by atoms with Gasteiger partial charge in [-0.05, 0) is 51.4 Å². The molecule has 11 heavy (non-hydrogen) atoms. The average molecular weight is 150 g/mol. The second-order valence-corrected chi connectivity index (χ2v) is 4.30.